The third-order valence-electron chi connectivity index (χ3n) is 2.81. The average Bonchev–Trinajstić information content (AvgIpc) is 2.32. The molecule has 0 aromatic carbocycles. The van der Waals surface area contributed by atoms with E-state index in [4.69, 9.17) is 9.47 Å². The summed E-state index contributed by atoms with van der Waals surface area (Å²) in [7, 11) is 5.53. The highest BCUT2D eigenvalue weighted by atomic mass is 16.5. The maximum atomic E-state index is 5.13. The first kappa shape index (κ1) is 15.8. The van der Waals surface area contributed by atoms with E-state index in [-0.39, 0.29) is 0 Å². The Balaban J connectivity index is 3.87. The van der Waals surface area contributed by atoms with E-state index in [1.807, 2.05) is 7.05 Å². The van der Waals surface area contributed by atoms with E-state index in [1.165, 1.54) is 0 Å². The first-order valence-corrected chi connectivity index (χ1v) is 6.15. The van der Waals surface area contributed by atoms with Crippen LogP contribution < -0.4 is 5.32 Å². The first-order valence-electron chi connectivity index (χ1n) is 6.15. The molecule has 0 amide bonds. The minimum Gasteiger partial charge on any atom is -0.385 e. The molecule has 0 heterocycles. The van der Waals surface area contributed by atoms with Gasteiger partial charge in [0.15, 0.2) is 0 Å². The molecule has 98 valence electrons. The molecule has 0 bridgehead atoms. The zero-order valence-corrected chi connectivity index (χ0v) is 11.3. The van der Waals surface area contributed by atoms with Gasteiger partial charge in [-0.3, -0.25) is 4.90 Å². The first-order chi connectivity index (χ1) is 7.78. The number of methoxy groups -OCH3 is 2. The summed E-state index contributed by atoms with van der Waals surface area (Å²) in [6.45, 7) is 7.01. The monoisotopic (exact) mass is 232 g/mol. The molecule has 0 aromatic rings. The fourth-order valence-corrected chi connectivity index (χ4v) is 1.68. The van der Waals surface area contributed by atoms with Crippen LogP contribution in [0.2, 0.25) is 0 Å². The summed E-state index contributed by atoms with van der Waals surface area (Å²) < 4.78 is 10.2. The minimum atomic E-state index is 0.569. The zero-order chi connectivity index (χ0) is 12.2. The van der Waals surface area contributed by atoms with Crippen LogP contribution in [0.3, 0.4) is 0 Å². The fourth-order valence-electron chi connectivity index (χ4n) is 1.68. The van der Waals surface area contributed by atoms with Crippen molar-refractivity contribution < 1.29 is 9.47 Å². The topological polar surface area (TPSA) is 33.7 Å². The highest BCUT2D eigenvalue weighted by Gasteiger charge is 2.10. The van der Waals surface area contributed by atoms with E-state index in [1.54, 1.807) is 14.2 Å². The molecule has 0 spiro atoms. The highest BCUT2D eigenvalue weighted by Crippen LogP contribution is 1.98. The summed E-state index contributed by atoms with van der Waals surface area (Å²) in [5.74, 6) is 0. The Kier molecular flexibility index (Phi) is 11.2. The second kappa shape index (κ2) is 11.3. The van der Waals surface area contributed by atoms with E-state index in [9.17, 15) is 0 Å². The van der Waals surface area contributed by atoms with Crippen molar-refractivity contribution in [1.29, 1.82) is 0 Å². The Morgan fingerprint density at radius 2 is 1.81 bits per heavy atom. The quantitative estimate of drug-likeness (QED) is 0.538. The van der Waals surface area contributed by atoms with Crippen LogP contribution in [-0.4, -0.2) is 65.1 Å². The maximum Gasteiger partial charge on any atom is 0.0589 e. The van der Waals surface area contributed by atoms with Crippen LogP contribution in [0.15, 0.2) is 0 Å². The number of hydrogen-bond acceptors (Lipinski definition) is 4. The standard InChI is InChI=1S/C12H28N2O2/c1-5-12(13-2)11-14(8-10-16-4)7-6-9-15-3/h12-13H,5-11H2,1-4H3. The van der Waals surface area contributed by atoms with Gasteiger partial charge >= 0.3 is 0 Å². The van der Waals surface area contributed by atoms with Crippen molar-refractivity contribution in [1.82, 2.24) is 10.2 Å². The van der Waals surface area contributed by atoms with Gasteiger partial charge in [-0.05, 0) is 19.9 Å². The van der Waals surface area contributed by atoms with Crippen LogP contribution in [0.4, 0.5) is 0 Å². The zero-order valence-electron chi connectivity index (χ0n) is 11.3. The molecule has 4 nitrogen and oxygen atoms in total. The molecule has 16 heavy (non-hydrogen) atoms. The van der Waals surface area contributed by atoms with Crippen LogP contribution >= 0.6 is 0 Å². The number of nitrogens with one attached hydrogen (secondary N) is 1. The van der Waals surface area contributed by atoms with E-state index in [0.29, 0.717) is 6.04 Å². The number of ether oxygens (including phenoxy) is 2. The summed E-state index contributed by atoms with van der Waals surface area (Å²) >= 11 is 0. The number of nitrogens with zero attached hydrogens (tertiary/aromatic N) is 1. The Bertz CT molecular complexity index is 141. The second-order valence-electron chi connectivity index (χ2n) is 4.03. The van der Waals surface area contributed by atoms with Gasteiger partial charge in [0.05, 0.1) is 6.61 Å². The van der Waals surface area contributed by atoms with E-state index < -0.39 is 0 Å². The molecule has 0 fully saturated rings. The Morgan fingerprint density at radius 1 is 1.12 bits per heavy atom. The molecule has 0 aliphatic heterocycles. The molecule has 0 saturated carbocycles. The lowest BCUT2D eigenvalue weighted by Gasteiger charge is -2.26. The van der Waals surface area contributed by atoms with Crippen molar-refractivity contribution >= 4 is 0 Å². The summed E-state index contributed by atoms with van der Waals surface area (Å²) in [5.41, 5.74) is 0. The van der Waals surface area contributed by atoms with Crippen molar-refractivity contribution in [2.45, 2.75) is 25.8 Å². The summed E-state index contributed by atoms with van der Waals surface area (Å²) in [5, 5.41) is 3.34. The molecular formula is C12H28N2O2. The molecule has 1 N–H and O–H groups in total. The van der Waals surface area contributed by atoms with Crippen LogP contribution in [0, 0.1) is 0 Å². The predicted molar refractivity (Wildman–Crippen MR) is 67.9 cm³/mol. The summed E-state index contributed by atoms with van der Waals surface area (Å²) in [6, 6.07) is 0.569. The van der Waals surface area contributed by atoms with Gasteiger partial charge in [0.25, 0.3) is 0 Å². The molecule has 0 aromatic heterocycles. The number of rotatable bonds is 11. The normalized spacial score (nSPS) is 13.3. The largest absolute Gasteiger partial charge is 0.385 e. The molecule has 0 rings (SSSR count). The molecule has 0 radical (unpaired) electrons. The van der Waals surface area contributed by atoms with Gasteiger partial charge in [0.2, 0.25) is 0 Å². The van der Waals surface area contributed by atoms with Gasteiger partial charge < -0.3 is 14.8 Å². The van der Waals surface area contributed by atoms with Crippen molar-refractivity contribution in [2.24, 2.45) is 0 Å². The third kappa shape index (κ3) is 8.05. The van der Waals surface area contributed by atoms with E-state index >= 15 is 0 Å². The Labute approximate surface area is 100 Å². The van der Waals surface area contributed by atoms with E-state index in [0.717, 1.165) is 45.7 Å². The SMILES string of the molecule is CCC(CN(CCCOC)CCOC)NC. The summed E-state index contributed by atoms with van der Waals surface area (Å²) in [6.07, 6.45) is 2.24. The van der Waals surface area contributed by atoms with Gasteiger partial charge in [-0.2, -0.15) is 0 Å². The molecule has 1 unspecified atom stereocenters. The van der Waals surface area contributed by atoms with Gasteiger partial charge in [0, 0.05) is 46.5 Å². The molecule has 0 aliphatic carbocycles. The molecular weight excluding hydrogens is 204 g/mol. The lowest BCUT2D eigenvalue weighted by atomic mass is 10.2. The Hall–Kier alpha value is -0.160. The van der Waals surface area contributed by atoms with Crippen molar-refractivity contribution in [3.63, 3.8) is 0 Å². The van der Waals surface area contributed by atoms with Crippen LogP contribution in [0.25, 0.3) is 0 Å². The van der Waals surface area contributed by atoms with Crippen LogP contribution in [0.1, 0.15) is 19.8 Å². The van der Waals surface area contributed by atoms with Gasteiger partial charge in [-0.15, -0.1) is 0 Å². The van der Waals surface area contributed by atoms with Crippen molar-refractivity contribution in [3.8, 4) is 0 Å². The number of likely N-dealkylation sites (N-methyl/N-ethyl adjacent to an activating group) is 1. The van der Waals surface area contributed by atoms with Crippen LogP contribution in [-0.2, 0) is 9.47 Å². The second-order valence-corrected chi connectivity index (χ2v) is 4.03. The number of hydrogen-bond donors (Lipinski definition) is 1. The average molecular weight is 232 g/mol. The van der Waals surface area contributed by atoms with Gasteiger partial charge in [-0.25, -0.2) is 0 Å². The molecule has 4 heteroatoms. The van der Waals surface area contributed by atoms with Crippen LogP contribution in [0.5, 0.6) is 0 Å². The molecule has 0 saturated heterocycles. The summed E-state index contributed by atoms with van der Waals surface area (Å²) in [4.78, 5) is 2.44. The lowest BCUT2D eigenvalue weighted by molar-refractivity contribution is 0.126. The van der Waals surface area contributed by atoms with Crippen molar-refractivity contribution in [3.05, 3.63) is 0 Å². The highest BCUT2D eigenvalue weighted by molar-refractivity contribution is 4.69. The fraction of sp³-hybridized carbons (Fsp3) is 1.00. The third-order valence-corrected chi connectivity index (χ3v) is 2.81. The van der Waals surface area contributed by atoms with Gasteiger partial charge in [0.1, 0.15) is 0 Å². The minimum absolute atomic E-state index is 0.569. The maximum absolute atomic E-state index is 5.13. The predicted octanol–water partition coefficient (Wildman–Crippen LogP) is 0.969. The Morgan fingerprint density at radius 3 is 2.31 bits per heavy atom. The lowest BCUT2D eigenvalue weighted by Crippen LogP contribution is -2.41. The van der Waals surface area contributed by atoms with Crippen molar-refractivity contribution in [2.75, 3.05) is 54.1 Å². The van der Waals surface area contributed by atoms with Gasteiger partial charge in [-0.1, -0.05) is 6.92 Å². The molecule has 1 atom stereocenters. The molecule has 0 aliphatic rings. The van der Waals surface area contributed by atoms with E-state index in [2.05, 4.69) is 17.1 Å². The smallest absolute Gasteiger partial charge is 0.0589 e.